The summed E-state index contributed by atoms with van der Waals surface area (Å²) in [4.78, 5) is 10.0. The van der Waals surface area contributed by atoms with E-state index in [0.29, 0.717) is 5.75 Å². The van der Waals surface area contributed by atoms with Crippen molar-refractivity contribution < 1.29 is 14.6 Å². The van der Waals surface area contributed by atoms with Crippen LogP contribution in [0.1, 0.15) is 10.4 Å². The van der Waals surface area contributed by atoms with Crippen molar-refractivity contribution in [3.63, 3.8) is 0 Å². The van der Waals surface area contributed by atoms with Crippen LogP contribution >= 0.6 is 0 Å². The first kappa shape index (κ1) is 12.9. The molecule has 2 rings (SSSR count). The Morgan fingerprint density at radius 2 is 1.47 bits per heavy atom. The zero-order valence-electron chi connectivity index (χ0n) is 9.32. The molecule has 0 bridgehead atoms. The van der Waals surface area contributed by atoms with Crippen LogP contribution in [0.15, 0.2) is 60.7 Å². The Hall–Kier alpha value is -2.13. The number of rotatable bonds is 3. The number of carbonyl (C=O) groups excluding carboxylic acids is 1. The summed E-state index contributed by atoms with van der Waals surface area (Å²) in [5.74, 6) is 0.694. The molecule has 0 aliphatic carbocycles. The Morgan fingerprint density at radius 3 is 1.88 bits per heavy atom. The van der Waals surface area contributed by atoms with Crippen molar-refractivity contribution in [2.24, 2.45) is 0 Å². The number of hydrogen-bond donors (Lipinski definition) is 1. The van der Waals surface area contributed by atoms with Crippen molar-refractivity contribution in [3.8, 4) is 5.75 Å². The predicted molar refractivity (Wildman–Crippen MR) is 66.0 cm³/mol. The lowest BCUT2D eigenvalue weighted by molar-refractivity contribution is 0.0985. The van der Waals surface area contributed by atoms with Crippen molar-refractivity contribution in [1.29, 1.82) is 0 Å². The Morgan fingerprint density at radius 1 is 0.941 bits per heavy atom. The first-order valence-electron chi connectivity index (χ1n) is 5.15. The zero-order chi connectivity index (χ0) is 12.3. The van der Waals surface area contributed by atoms with Gasteiger partial charge in [0.2, 0.25) is 0 Å². The van der Waals surface area contributed by atoms with Crippen LogP contribution in [-0.4, -0.2) is 18.2 Å². The number of aldehydes is 1. The summed E-state index contributed by atoms with van der Waals surface area (Å²) in [5, 5.41) is 8.30. The van der Waals surface area contributed by atoms with Gasteiger partial charge in [0.15, 0.2) is 6.79 Å². The second kappa shape index (κ2) is 8.07. The Balaban J connectivity index is 0.000000171. The molecule has 0 radical (unpaired) electrons. The molecule has 17 heavy (non-hydrogen) atoms. The van der Waals surface area contributed by atoms with Gasteiger partial charge in [-0.2, -0.15) is 0 Å². The van der Waals surface area contributed by atoms with Gasteiger partial charge in [-0.05, 0) is 12.1 Å². The first-order chi connectivity index (χ1) is 8.36. The van der Waals surface area contributed by atoms with E-state index in [-0.39, 0.29) is 6.79 Å². The fraction of sp³-hybridized carbons (Fsp3) is 0.0714. The number of aliphatic hydroxyl groups excluding tert-OH is 1. The van der Waals surface area contributed by atoms with Crippen molar-refractivity contribution >= 4 is 6.29 Å². The standard InChI is InChI=1S/C7H8O2.C7H6O/c8-6-9-7-4-2-1-3-5-7;8-6-7-4-2-1-3-5-7/h1-5,8H,6H2;1-6H. The number of benzene rings is 2. The summed E-state index contributed by atoms with van der Waals surface area (Å²) in [7, 11) is 0. The van der Waals surface area contributed by atoms with Crippen LogP contribution in [0.3, 0.4) is 0 Å². The van der Waals surface area contributed by atoms with E-state index in [1.54, 1.807) is 24.3 Å². The minimum absolute atomic E-state index is 0.260. The lowest BCUT2D eigenvalue weighted by atomic mass is 10.2. The number of para-hydroxylation sites is 1. The van der Waals surface area contributed by atoms with Crippen LogP contribution in [0.2, 0.25) is 0 Å². The molecular weight excluding hydrogens is 216 g/mol. The number of aliphatic hydroxyl groups is 1. The molecule has 0 fully saturated rings. The maximum Gasteiger partial charge on any atom is 0.186 e. The smallest absolute Gasteiger partial charge is 0.186 e. The predicted octanol–water partition coefficient (Wildman–Crippen LogP) is 2.51. The fourth-order valence-electron chi connectivity index (χ4n) is 1.12. The van der Waals surface area contributed by atoms with Crippen LogP contribution in [-0.2, 0) is 0 Å². The molecule has 0 atom stereocenters. The minimum Gasteiger partial charge on any atom is -0.468 e. The summed E-state index contributed by atoms with van der Waals surface area (Å²) in [6.07, 6.45) is 0.833. The Labute approximate surface area is 100 Å². The zero-order valence-corrected chi connectivity index (χ0v) is 9.32. The molecule has 3 heteroatoms. The maximum atomic E-state index is 10.0. The third-order valence-corrected chi connectivity index (χ3v) is 1.91. The third-order valence-electron chi connectivity index (χ3n) is 1.91. The van der Waals surface area contributed by atoms with E-state index in [1.165, 1.54) is 0 Å². The molecule has 0 saturated heterocycles. The third kappa shape index (κ3) is 5.49. The lowest BCUT2D eigenvalue weighted by Gasteiger charge is -1.98. The van der Waals surface area contributed by atoms with Gasteiger partial charge in [-0.3, -0.25) is 4.79 Å². The van der Waals surface area contributed by atoms with Crippen LogP contribution < -0.4 is 4.74 Å². The summed E-state index contributed by atoms with van der Waals surface area (Å²) < 4.78 is 4.76. The van der Waals surface area contributed by atoms with Gasteiger partial charge < -0.3 is 9.84 Å². The second-order valence-electron chi connectivity index (χ2n) is 3.12. The highest BCUT2D eigenvalue weighted by Gasteiger charge is 1.84. The quantitative estimate of drug-likeness (QED) is 0.651. The van der Waals surface area contributed by atoms with E-state index < -0.39 is 0 Å². The van der Waals surface area contributed by atoms with Crippen molar-refractivity contribution in [2.75, 3.05) is 6.79 Å². The molecule has 1 N–H and O–H groups in total. The largest absolute Gasteiger partial charge is 0.468 e. The minimum atomic E-state index is -0.260. The molecule has 0 saturated carbocycles. The van der Waals surface area contributed by atoms with Crippen molar-refractivity contribution in [1.82, 2.24) is 0 Å². The molecule has 0 aromatic heterocycles. The molecule has 0 unspecified atom stereocenters. The van der Waals surface area contributed by atoms with E-state index in [4.69, 9.17) is 9.84 Å². The summed E-state index contributed by atoms with van der Waals surface area (Å²) in [5.41, 5.74) is 0.729. The number of carbonyl (C=O) groups is 1. The van der Waals surface area contributed by atoms with Crippen molar-refractivity contribution in [3.05, 3.63) is 66.2 Å². The van der Waals surface area contributed by atoms with Gasteiger partial charge in [0.1, 0.15) is 12.0 Å². The SMILES string of the molecule is O=Cc1ccccc1.OCOc1ccccc1. The number of ether oxygens (including phenoxy) is 1. The van der Waals surface area contributed by atoms with Gasteiger partial charge in [0.05, 0.1) is 0 Å². The van der Waals surface area contributed by atoms with Gasteiger partial charge in [0.25, 0.3) is 0 Å². The summed E-state index contributed by atoms with van der Waals surface area (Å²) >= 11 is 0. The molecule has 88 valence electrons. The van der Waals surface area contributed by atoms with Gasteiger partial charge in [-0.1, -0.05) is 48.5 Å². The van der Waals surface area contributed by atoms with Crippen LogP contribution in [0.5, 0.6) is 5.75 Å². The van der Waals surface area contributed by atoms with E-state index >= 15 is 0 Å². The molecular formula is C14H14O3. The average Bonchev–Trinajstić information content (AvgIpc) is 2.42. The topological polar surface area (TPSA) is 46.5 Å². The molecule has 0 aliphatic rings. The fourth-order valence-corrected chi connectivity index (χ4v) is 1.12. The maximum absolute atomic E-state index is 10.0. The molecule has 3 nitrogen and oxygen atoms in total. The Kier molecular flexibility index (Phi) is 6.14. The normalized spacial score (nSPS) is 8.76. The molecule has 0 spiro atoms. The summed E-state index contributed by atoms with van der Waals surface area (Å²) in [6.45, 7) is -0.260. The van der Waals surface area contributed by atoms with Gasteiger partial charge >= 0.3 is 0 Å². The van der Waals surface area contributed by atoms with E-state index in [0.717, 1.165) is 11.8 Å². The highest BCUT2D eigenvalue weighted by atomic mass is 16.6. The van der Waals surface area contributed by atoms with E-state index in [2.05, 4.69) is 0 Å². The van der Waals surface area contributed by atoms with E-state index in [1.807, 2.05) is 36.4 Å². The monoisotopic (exact) mass is 230 g/mol. The van der Waals surface area contributed by atoms with Gasteiger partial charge in [0, 0.05) is 5.56 Å². The molecule has 2 aromatic carbocycles. The number of hydrogen-bond acceptors (Lipinski definition) is 3. The average molecular weight is 230 g/mol. The molecule has 0 aliphatic heterocycles. The second-order valence-corrected chi connectivity index (χ2v) is 3.12. The first-order valence-corrected chi connectivity index (χ1v) is 5.15. The van der Waals surface area contributed by atoms with Gasteiger partial charge in [-0.15, -0.1) is 0 Å². The molecule has 0 heterocycles. The van der Waals surface area contributed by atoms with E-state index in [9.17, 15) is 4.79 Å². The molecule has 2 aromatic rings. The van der Waals surface area contributed by atoms with Crippen LogP contribution in [0, 0.1) is 0 Å². The van der Waals surface area contributed by atoms with Crippen LogP contribution in [0.25, 0.3) is 0 Å². The van der Waals surface area contributed by atoms with Crippen LogP contribution in [0.4, 0.5) is 0 Å². The summed E-state index contributed by atoms with van der Waals surface area (Å²) in [6, 6.07) is 18.3. The highest BCUT2D eigenvalue weighted by Crippen LogP contribution is 2.06. The lowest BCUT2D eigenvalue weighted by Crippen LogP contribution is -1.93. The molecule has 0 amide bonds. The Bertz CT molecular complexity index is 412. The van der Waals surface area contributed by atoms with Gasteiger partial charge in [-0.25, -0.2) is 0 Å². The highest BCUT2D eigenvalue weighted by molar-refractivity contribution is 5.74. The van der Waals surface area contributed by atoms with Crippen molar-refractivity contribution in [2.45, 2.75) is 0 Å².